The van der Waals surface area contributed by atoms with E-state index in [1.54, 1.807) is 13.3 Å². The van der Waals surface area contributed by atoms with Gasteiger partial charge in [0.1, 0.15) is 5.75 Å². The molecule has 5 nitrogen and oxygen atoms in total. The van der Waals surface area contributed by atoms with E-state index in [2.05, 4.69) is 10.3 Å². The zero-order valence-electron chi connectivity index (χ0n) is 11.6. The van der Waals surface area contributed by atoms with Gasteiger partial charge in [-0.1, -0.05) is 0 Å². The van der Waals surface area contributed by atoms with E-state index in [4.69, 9.17) is 4.74 Å². The highest BCUT2D eigenvalue weighted by Crippen LogP contribution is 2.33. The molecule has 0 amide bonds. The van der Waals surface area contributed by atoms with Crippen molar-refractivity contribution in [2.24, 2.45) is 5.41 Å². The van der Waals surface area contributed by atoms with Crippen molar-refractivity contribution < 1.29 is 14.6 Å². The first-order chi connectivity index (χ1) is 9.00. The molecule has 1 aromatic rings. The van der Waals surface area contributed by atoms with E-state index < -0.39 is 11.4 Å². The first-order valence-corrected chi connectivity index (χ1v) is 6.43. The van der Waals surface area contributed by atoms with E-state index in [1.807, 2.05) is 13.8 Å². The molecule has 0 aliphatic carbocycles. The maximum Gasteiger partial charge on any atom is 0.311 e. The quantitative estimate of drug-likeness (QED) is 0.858. The van der Waals surface area contributed by atoms with Crippen LogP contribution in [0.3, 0.4) is 0 Å². The van der Waals surface area contributed by atoms with Gasteiger partial charge in [-0.2, -0.15) is 0 Å². The molecular weight excluding hydrogens is 244 g/mol. The molecule has 19 heavy (non-hydrogen) atoms. The van der Waals surface area contributed by atoms with Gasteiger partial charge in [-0.3, -0.25) is 9.78 Å². The molecule has 1 aliphatic heterocycles. The number of ether oxygens (including phenoxy) is 1. The lowest BCUT2D eigenvalue weighted by Gasteiger charge is -2.24. The molecule has 1 atom stereocenters. The standard InChI is InChI=1S/C14H20N2O3/c1-9-7-16-11(10(2)12(9)19-3)6-14(13(17)18)4-5-15-8-14/h7,15H,4-6,8H2,1-3H3,(H,17,18). The number of carbonyl (C=O) groups is 1. The summed E-state index contributed by atoms with van der Waals surface area (Å²) >= 11 is 0. The molecule has 1 aliphatic rings. The van der Waals surface area contributed by atoms with Gasteiger partial charge >= 0.3 is 5.97 Å². The third-order valence-corrected chi connectivity index (χ3v) is 3.95. The van der Waals surface area contributed by atoms with E-state index in [0.717, 1.165) is 29.1 Å². The summed E-state index contributed by atoms with van der Waals surface area (Å²) in [6.07, 6.45) is 2.83. The molecule has 1 aromatic heterocycles. The van der Waals surface area contributed by atoms with Crippen molar-refractivity contribution in [3.8, 4) is 5.75 Å². The number of carboxylic acid groups (broad SMARTS) is 1. The Kier molecular flexibility index (Phi) is 3.75. The van der Waals surface area contributed by atoms with Crippen molar-refractivity contribution in [1.29, 1.82) is 0 Å². The second-order valence-electron chi connectivity index (χ2n) is 5.24. The van der Waals surface area contributed by atoms with Crippen LogP contribution in [0.4, 0.5) is 0 Å². The van der Waals surface area contributed by atoms with Crippen LogP contribution in [-0.4, -0.2) is 36.3 Å². The smallest absolute Gasteiger partial charge is 0.311 e. The fraction of sp³-hybridized carbons (Fsp3) is 0.571. The minimum atomic E-state index is -0.752. The fourth-order valence-electron chi connectivity index (χ4n) is 2.72. The first-order valence-electron chi connectivity index (χ1n) is 6.43. The monoisotopic (exact) mass is 264 g/mol. The van der Waals surface area contributed by atoms with E-state index in [0.29, 0.717) is 19.4 Å². The van der Waals surface area contributed by atoms with Crippen LogP contribution in [0.2, 0.25) is 0 Å². The van der Waals surface area contributed by atoms with Gasteiger partial charge in [0, 0.05) is 36.0 Å². The molecule has 104 valence electrons. The van der Waals surface area contributed by atoms with Gasteiger partial charge in [-0.25, -0.2) is 0 Å². The SMILES string of the molecule is COc1c(C)cnc(CC2(C(=O)O)CCNC2)c1C. The Morgan fingerprint density at radius 3 is 2.84 bits per heavy atom. The third-order valence-electron chi connectivity index (χ3n) is 3.95. The van der Waals surface area contributed by atoms with Crippen molar-refractivity contribution >= 4 is 5.97 Å². The van der Waals surface area contributed by atoms with Crippen molar-refractivity contribution in [2.75, 3.05) is 20.2 Å². The fourth-order valence-corrected chi connectivity index (χ4v) is 2.72. The Morgan fingerprint density at radius 2 is 2.32 bits per heavy atom. The second-order valence-corrected chi connectivity index (χ2v) is 5.24. The number of aromatic nitrogens is 1. The molecule has 0 bridgehead atoms. The Morgan fingerprint density at radius 1 is 1.58 bits per heavy atom. The predicted molar refractivity (Wildman–Crippen MR) is 71.5 cm³/mol. The molecule has 0 saturated carbocycles. The highest BCUT2D eigenvalue weighted by molar-refractivity contribution is 5.76. The molecule has 5 heteroatoms. The normalized spacial score (nSPS) is 22.5. The summed E-state index contributed by atoms with van der Waals surface area (Å²) < 4.78 is 5.37. The lowest BCUT2D eigenvalue weighted by atomic mass is 9.81. The zero-order valence-corrected chi connectivity index (χ0v) is 11.6. The molecule has 0 aromatic carbocycles. The number of methoxy groups -OCH3 is 1. The third kappa shape index (κ3) is 2.42. The summed E-state index contributed by atoms with van der Waals surface area (Å²) in [7, 11) is 1.63. The maximum atomic E-state index is 11.6. The van der Waals surface area contributed by atoms with Crippen LogP contribution in [0, 0.1) is 19.3 Å². The van der Waals surface area contributed by atoms with E-state index >= 15 is 0 Å². The average Bonchev–Trinajstić information content (AvgIpc) is 2.83. The Bertz CT molecular complexity index is 494. The van der Waals surface area contributed by atoms with Crippen molar-refractivity contribution in [3.63, 3.8) is 0 Å². The number of rotatable bonds is 4. The van der Waals surface area contributed by atoms with Crippen LogP contribution >= 0.6 is 0 Å². The Labute approximate surface area is 113 Å². The van der Waals surface area contributed by atoms with Gasteiger partial charge in [0.15, 0.2) is 0 Å². The van der Waals surface area contributed by atoms with E-state index in [-0.39, 0.29) is 0 Å². The number of aliphatic carboxylic acids is 1. The molecule has 1 fully saturated rings. The van der Waals surface area contributed by atoms with Gasteiger partial charge in [-0.05, 0) is 26.8 Å². The topological polar surface area (TPSA) is 71.5 Å². The predicted octanol–water partition coefficient (Wildman–Crippen LogP) is 1.31. The van der Waals surface area contributed by atoms with Crippen molar-refractivity contribution in [2.45, 2.75) is 26.7 Å². The van der Waals surface area contributed by atoms with Crippen LogP contribution in [0.1, 0.15) is 23.2 Å². The largest absolute Gasteiger partial charge is 0.496 e. The number of nitrogens with one attached hydrogen (secondary N) is 1. The van der Waals surface area contributed by atoms with Gasteiger partial charge in [-0.15, -0.1) is 0 Å². The van der Waals surface area contributed by atoms with Crippen LogP contribution in [0.25, 0.3) is 0 Å². The minimum Gasteiger partial charge on any atom is -0.496 e. The summed E-state index contributed by atoms with van der Waals surface area (Å²) in [5.41, 5.74) is 1.99. The summed E-state index contributed by atoms with van der Waals surface area (Å²) in [6, 6.07) is 0. The highest BCUT2D eigenvalue weighted by Gasteiger charge is 2.42. The molecule has 2 rings (SSSR count). The van der Waals surface area contributed by atoms with Gasteiger partial charge in [0.2, 0.25) is 0 Å². The second kappa shape index (κ2) is 5.17. The van der Waals surface area contributed by atoms with Crippen LogP contribution < -0.4 is 10.1 Å². The van der Waals surface area contributed by atoms with Crippen LogP contribution in [0.5, 0.6) is 5.75 Å². The average molecular weight is 264 g/mol. The zero-order chi connectivity index (χ0) is 14.0. The van der Waals surface area contributed by atoms with Crippen molar-refractivity contribution in [3.05, 3.63) is 23.0 Å². The van der Waals surface area contributed by atoms with Gasteiger partial charge < -0.3 is 15.2 Å². The van der Waals surface area contributed by atoms with Gasteiger partial charge in [0.25, 0.3) is 0 Å². The molecule has 1 saturated heterocycles. The summed E-state index contributed by atoms with van der Waals surface area (Å²) in [6.45, 7) is 5.12. The number of hydrogen-bond donors (Lipinski definition) is 2. The molecular formula is C14H20N2O3. The Balaban J connectivity index is 2.35. The number of pyridine rings is 1. The number of hydrogen-bond acceptors (Lipinski definition) is 4. The first kappa shape index (κ1) is 13.8. The van der Waals surface area contributed by atoms with E-state index in [1.165, 1.54) is 0 Å². The lowest BCUT2D eigenvalue weighted by molar-refractivity contribution is -0.147. The summed E-state index contributed by atoms with van der Waals surface area (Å²) in [4.78, 5) is 16.0. The lowest BCUT2D eigenvalue weighted by Crippen LogP contribution is -2.36. The molecule has 2 heterocycles. The van der Waals surface area contributed by atoms with Crippen LogP contribution in [-0.2, 0) is 11.2 Å². The number of aryl methyl sites for hydroxylation is 1. The number of carboxylic acids is 1. The molecule has 2 N–H and O–H groups in total. The molecule has 1 unspecified atom stereocenters. The molecule has 0 spiro atoms. The summed E-state index contributed by atoms with van der Waals surface area (Å²) in [5.74, 6) is 0.0507. The maximum absolute atomic E-state index is 11.6. The number of nitrogens with zero attached hydrogens (tertiary/aromatic N) is 1. The van der Waals surface area contributed by atoms with E-state index in [9.17, 15) is 9.90 Å². The van der Waals surface area contributed by atoms with Crippen molar-refractivity contribution in [1.82, 2.24) is 10.3 Å². The highest BCUT2D eigenvalue weighted by atomic mass is 16.5. The summed E-state index contributed by atoms with van der Waals surface area (Å²) in [5, 5.41) is 12.6. The van der Waals surface area contributed by atoms with Gasteiger partial charge in [0.05, 0.1) is 12.5 Å². The Hall–Kier alpha value is -1.62. The molecule has 0 radical (unpaired) electrons. The minimum absolute atomic E-state index is 0.442. The van der Waals surface area contributed by atoms with Crippen LogP contribution in [0.15, 0.2) is 6.20 Å².